The number of nitriles is 1. The lowest BCUT2D eigenvalue weighted by Crippen LogP contribution is -2.27. The Kier molecular flexibility index (Phi) is 7.39. The van der Waals surface area contributed by atoms with Crippen molar-refractivity contribution in [3.63, 3.8) is 0 Å². The maximum absolute atomic E-state index is 12.9. The molecule has 2 N–H and O–H groups in total. The number of benzene rings is 2. The Morgan fingerprint density at radius 3 is 2.29 bits per heavy atom. The van der Waals surface area contributed by atoms with Crippen LogP contribution in [0.1, 0.15) is 17.3 Å². The first-order chi connectivity index (χ1) is 14.6. The lowest BCUT2D eigenvalue weighted by atomic mass is 10.1. The number of hydrogen-bond donors (Lipinski definition) is 1. The Balaban J connectivity index is 2.17. The predicted octanol–water partition coefficient (Wildman–Crippen LogP) is 2.00. The number of sulfonamides is 1. The summed E-state index contributed by atoms with van der Waals surface area (Å²) in [5, 5.41) is 8.90. The molecule has 0 radical (unpaired) electrons. The molecule has 0 atom stereocenters. The zero-order chi connectivity index (χ0) is 23.2. The predicted molar refractivity (Wildman–Crippen MR) is 113 cm³/mol. The molecule has 0 aliphatic rings. The van der Waals surface area contributed by atoms with E-state index in [4.69, 9.17) is 20.5 Å². The molecule has 0 saturated carbocycles. The minimum atomic E-state index is -3.93. The quantitative estimate of drug-likeness (QED) is 0.371. The van der Waals surface area contributed by atoms with Crippen molar-refractivity contribution in [2.24, 2.45) is 5.73 Å². The van der Waals surface area contributed by atoms with Crippen molar-refractivity contribution in [2.45, 2.75) is 11.8 Å². The van der Waals surface area contributed by atoms with Gasteiger partial charge in [-0.3, -0.25) is 9.10 Å². The Morgan fingerprint density at radius 2 is 1.74 bits per heavy atom. The number of methoxy groups -OCH3 is 1. The summed E-state index contributed by atoms with van der Waals surface area (Å²) in [5.41, 5.74) is 5.57. The van der Waals surface area contributed by atoms with Crippen molar-refractivity contribution in [3.8, 4) is 11.8 Å². The number of nitrogens with two attached hydrogens (primary N) is 1. The van der Waals surface area contributed by atoms with Crippen molar-refractivity contribution in [1.82, 2.24) is 0 Å². The highest BCUT2D eigenvalue weighted by Crippen LogP contribution is 2.30. The van der Waals surface area contributed by atoms with Crippen LogP contribution in [0.3, 0.4) is 0 Å². The zero-order valence-electron chi connectivity index (χ0n) is 17.2. The SMILES string of the molecule is COc1ccccc1N(C)S(=O)(=O)c1ccc(C(=O)OCC(=O)C(C#N)=C(C)N)cc1. The van der Waals surface area contributed by atoms with E-state index in [0.29, 0.717) is 11.4 Å². The number of esters is 1. The van der Waals surface area contributed by atoms with Crippen molar-refractivity contribution in [3.05, 3.63) is 65.4 Å². The van der Waals surface area contributed by atoms with Gasteiger partial charge in [-0.25, -0.2) is 13.2 Å². The van der Waals surface area contributed by atoms with Gasteiger partial charge in [0.25, 0.3) is 10.0 Å². The summed E-state index contributed by atoms with van der Waals surface area (Å²) >= 11 is 0. The molecular weight excluding hydrogens is 422 g/mol. The number of Topliss-reactive ketones (excluding diaryl/α,β-unsaturated/α-hetero) is 1. The third kappa shape index (κ3) is 5.21. The largest absolute Gasteiger partial charge is 0.495 e. The zero-order valence-corrected chi connectivity index (χ0v) is 18.0. The molecule has 2 aromatic rings. The Bertz CT molecular complexity index is 1160. The van der Waals surface area contributed by atoms with Crippen LogP contribution in [0.5, 0.6) is 5.75 Å². The topological polar surface area (TPSA) is 140 Å². The molecule has 162 valence electrons. The van der Waals surface area contributed by atoms with Crippen LogP contribution in [0.25, 0.3) is 0 Å². The Labute approximate surface area is 180 Å². The molecule has 31 heavy (non-hydrogen) atoms. The lowest BCUT2D eigenvalue weighted by molar-refractivity contribution is -0.118. The highest BCUT2D eigenvalue weighted by atomic mass is 32.2. The van der Waals surface area contributed by atoms with Crippen LogP contribution in [0.15, 0.2) is 64.7 Å². The van der Waals surface area contributed by atoms with Crippen molar-refractivity contribution in [2.75, 3.05) is 25.1 Å². The molecule has 0 bridgehead atoms. The summed E-state index contributed by atoms with van der Waals surface area (Å²) in [6, 6.07) is 13.3. The third-order valence-corrected chi connectivity index (χ3v) is 6.08. The van der Waals surface area contributed by atoms with Crippen molar-refractivity contribution < 1.29 is 27.5 Å². The first kappa shape index (κ1) is 23.4. The first-order valence-electron chi connectivity index (χ1n) is 8.92. The van der Waals surface area contributed by atoms with Gasteiger partial charge in [0.05, 0.1) is 23.3 Å². The molecule has 0 aromatic heterocycles. The van der Waals surface area contributed by atoms with Crippen molar-refractivity contribution >= 4 is 27.5 Å². The lowest BCUT2D eigenvalue weighted by Gasteiger charge is -2.21. The standard InChI is InChI=1S/C21H21N3O6S/c1-14(23)17(12-22)19(25)13-30-21(26)15-8-10-16(11-9-15)31(27,28)24(2)18-6-4-5-7-20(18)29-3/h4-11H,13,23H2,1-3H3. The number of para-hydroxylation sites is 2. The van der Waals surface area contributed by atoms with Crippen molar-refractivity contribution in [1.29, 1.82) is 5.26 Å². The van der Waals surface area contributed by atoms with Crippen LogP contribution in [0.4, 0.5) is 5.69 Å². The number of anilines is 1. The normalized spacial score (nSPS) is 11.7. The van der Waals surface area contributed by atoms with Gasteiger partial charge >= 0.3 is 5.97 Å². The van der Waals surface area contributed by atoms with E-state index in [-0.39, 0.29) is 21.7 Å². The van der Waals surface area contributed by atoms with Gasteiger partial charge in [0.1, 0.15) is 17.4 Å². The number of carbonyl (C=O) groups excluding carboxylic acids is 2. The van der Waals surface area contributed by atoms with E-state index in [1.54, 1.807) is 30.3 Å². The average Bonchev–Trinajstić information content (AvgIpc) is 2.77. The maximum atomic E-state index is 12.9. The molecule has 0 heterocycles. The van der Waals surface area contributed by atoms with E-state index < -0.39 is 28.4 Å². The van der Waals surface area contributed by atoms with E-state index >= 15 is 0 Å². The summed E-state index contributed by atoms with van der Waals surface area (Å²) in [6.45, 7) is 0.729. The van der Waals surface area contributed by atoms with Crippen LogP contribution < -0.4 is 14.8 Å². The van der Waals surface area contributed by atoms with Gasteiger partial charge in [-0.05, 0) is 43.3 Å². The van der Waals surface area contributed by atoms with Gasteiger partial charge in [-0.15, -0.1) is 0 Å². The molecule has 0 saturated heterocycles. The molecule has 10 heteroatoms. The highest BCUT2D eigenvalue weighted by molar-refractivity contribution is 7.92. The molecule has 0 fully saturated rings. The van der Waals surface area contributed by atoms with Crippen LogP contribution in [0.2, 0.25) is 0 Å². The number of ether oxygens (including phenoxy) is 2. The van der Waals surface area contributed by atoms with Gasteiger partial charge in [0.2, 0.25) is 5.78 Å². The summed E-state index contributed by atoms with van der Waals surface area (Å²) < 4.78 is 37.0. The van der Waals surface area contributed by atoms with E-state index in [1.807, 2.05) is 0 Å². The van der Waals surface area contributed by atoms with Gasteiger partial charge in [-0.1, -0.05) is 12.1 Å². The molecule has 9 nitrogen and oxygen atoms in total. The summed E-state index contributed by atoms with van der Waals surface area (Å²) in [7, 11) is -1.10. The monoisotopic (exact) mass is 443 g/mol. The fourth-order valence-corrected chi connectivity index (χ4v) is 3.80. The van der Waals surface area contributed by atoms with E-state index in [1.165, 1.54) is 45.3 Å². The minimum absolute atomic E-state index is 0.0253. The molecular formula is C21H21N3O6S. The fourth-order valence-electron chi connectivity index (χ4n) is 2.60. The van der Waals surface area contributed by atoms with E-state index in [2.05, 4.69) is 0 Å². The first-order valence-corrected chi connectivity index (χ1v) is 10.4. The number of rotatable bonds is 8. The molecule has 2 aromatic carbocycles. The van der Waals surface area contributed by atoms with E-state index in [9.17, 15) is 18.0 Å². The Morgan fingerprint density at radius 1 is 1.13 bits per heavy atom. The Hall–Kier alpha value is -3.84. The molecule has 0 unspecified atom stereocenters. The van der Waals surface area contributed by atoms with E-state index in [0.717, 1.165) is 4.31 Å². The van der Waals surface area contributed by atoms with Gasteiger partial charge in [-0.2, -0.15) is 5.26 Å². The average molecular weight is 443 g/mol. The summed E-state index contributed by atoms with van der Waals surface area (Å²) in [4.78, 5) is 24.0. The van der Waals surface area contributed by atoms with Gasteiger partial charge in [0, 0.05) is 12.7 Å². The summed E-state index contributed by atoms with van der Waals surface area (Å²) in [6.07, 6.45) is 0. The minimum Gasteiger partial charge on any atom is -0.495 e. The second-order valence-electron chi connectivity index (χ2n) is 6.34. The smallest absolute Gasteiger partial charge is 0.338 e. The van der Waals surface area contributed by atoms with Crippen LogP contribution >= 0.6 is 0 Å². The van der Waals surface area contributed by atoms with Gasteiger partial charge in [0.15, 0.2) is 6.61 Å². The second kappa shape index (κ2) is 9.77. The maximum Gasteiger partial charge on any atom is 0.338 e. The number of nitrogens with zero attached hydrogens (tertiary/aromatic N) is 2. The number of hydrogen-bond acceptors (Lipinski definition) is 8. The second-order valence-corrected chi connectivity index (χ2v) is 8.31. The molecule has 0 aliphatic carbocycles. The molecule has 0 aliphatic heterocycles. The highest BCUT2D eigenvalue weighted by Gasteiger charge is 2.24. The van der Waals surface area contributed by atoms with Crippen LogP contribution in [-0.2, 0) is 19.6 Å². The van der Waals surface area contributed by atoms with Crippen LogP contribution in [-0.4, -0.2) is 40.9 Å². The summed E-state index contributed by atoms with van der Waals surface area (Å²) in [5.74, 6) is -1.19. The molecule has 0 amide bonds. The number of ketones is 1. The number of allylic oxidation sites excluding steroid dienone is 1. The molecule has 0 spiro atoms. The van der Waals surface area contributed by atoms with Gasteiger partial charge < -0.3 is 15.2 Å². The fraction of sp³-hybridized carbons (Fsp3) is 0.190. The number of carbonyl (C=O) groups is 2. The van der Waals surface area contributed by atoms with Crippen LogP contribution in [0, 0.1) is 11.3 Å². The third-order valence-electron chi connectivity index (χ3n) is 4.29. The molecule has 2 rings (SSSR count).